The molecule has 0 aliphatic heterocycles. The summed E-state index contributed by atoms with van der Waals surface area (Å²) in [7, 11) is 0. The van der Waals surface area contributed by atoms with Gasteiger partial charge in [-0.2, -0.15) is 0 Å². The molecule has 1 aromatic carbocycles. The van der Waals surface area contributed by atoms with Crippen molar-refractivity contribution in [1.82, 2.24) is 15.0 Å². The van der Waals surface area contributed by atoms with Gasteiger partial charge in [-0.25, -0.2) is 9.97 Å². The SMILES string of the molecule is Ic1ccc2[nH]c3c(c2c1)CCc1cncnc1-3. The lowest BCUT2D eigenvalue weighted by Crippen LogP contribution is -2.05. The summed E-state index contributed by atoms with van der Waals surface area (Å²) in [6.45, 7) is 0. The summed E-state index contributed by atoms with van der Waals surface area (Å²) >= 11 is 2.36. The minimum Gasteiger partial charge on any atom is -0.353 e. The highest BCUT2D eigenvalue weighted by atomic mass is 127. The molecule has 1 aliphatic rings. The van der Waals surface area contributed by atoms with Crippen LogP contribution in [-0.4, -0.2) is 15.0 Å². The van der Waals surface area contributed by atoms with Crippen LogP contribution in [0, 0.1) is 3.57 Å². The normalized spacial score (nSPS) is 13.4. The molecule has 0 bridgehead atoms. The highest BCUT2D eigenvalue weighted by molar-refractivity contribution is 14.1. The van der Waals surface area contributed by atoms with E-state index >= 15 is 0 Å². The first-order valence-electron chi connectivity index (χ1n) is 5.92. The molecule has 3 nitrogen and oxygen atoms in total. The molecule has 4 heteroatoms. The zero-order valence-electron chi connectivity index (χ0n) is 9.57. The summed E-state index contributed by atoms with van der Waals surface area (Å²) in [5.74, 6) is 0. The van der Waals surface area contributed by atoms with Crippen molar-refractivity contribution in [3.63, 3.8) is 0 Å². The van der Waals surface area contributed by atoms with Crippen LogP contribution in [0.5, 0.6) is 0 Å². The third kappa shape index (κ3) is 1.41. The Hall–Kier alpha value is -1.43. The molecule has 1 aliphatic carbocycles. The molecule has 0 atom stereocenters. The number of hydrogen-bond acceptors (Lipinski definition) is 2. The number of benzene rings is 1. The van der Waals surface area contributed by atoms with Gasteiger partial charge in [0.2, 0.25) is 0 Å². The summed E-state index contributed by atoms with van der Waals surface area (Å²) in [5.41, 5.74) is 6.08. The molecule has 3 aromatic rings. The van der Waals surface area contributed by atoms with Crippen LogP contribution in [0.2, 0.25) is 0 Å². The molecule has 4 rings (SSSR count). The number of H-pyrrole nitrogens is 1. The van der Waals surface area contributed by atoms with Gasteiger partial charge in [0.15, 0.2) is 0 Å². The molecule has 0 fully saturated rings. The monoisotopic (exact) mass is 347 g/mol. The summed E-state index contributed by atoms with van der Waals surface area (Å²) in [6, 6.07) is 6.53. The van der Waals surface area contributed by atoms with Crippen LogP contribution in [0.4, 0.5) is 0 Å². The average molecular weight is 347 g/mol. The fraction of sp³-hybridized carbons (Fsp3) is 0.143. The maximum absolute atomic E-state index is 4.43. The van der Waals surface area contributed by atoms with Crippen LogP contribution in [0.25, 0.3) is 22.3 Å². The molecule has 18 heavy (non-hydrogen) atoms. The molecule has 2 aromatic heterocycles. The van der Waals surface area contributed by atoms with Crippen molar-refractivity contribution in [2.75, 3.05) is 0 Å². The number of halogens is 1. The van der Waals surface area contributed by atoms with E-state index in [2.05, 4.69) is 55.7 Å². The van der Waals surface area contributed by atoms with Crippen molar-refractivity contribution in [2.24, 2.45) is 0 Å². The van der Waals surface area contributed by atoms with Gasteiger partial charge in [-0.05, 0) is 64.8 Å². The Morgan fingerprint density at radius 3 is 3.11 bits per heavy atom. The van der Waals surface area contributed by atoms with E-state index in [4.69, 9.17) is 0 Å². The number of aryl methyl sites for hydroxylation is 2. The van der Waals surface area contributed by atoms with Gasteiger partial charge < -0.3 is 4.98 Å². The van der Waals surface area contributed by atoms with E-state index in [0.717, 1.165) is 18.5 Å². The van der Waals surface area contributed by atoms with Crippen molar-refractivity contribution < 1.29 is 0 Å². The zero-order chi connectivity index (χ0) is 12.1. The third-order valence-electron chi connectivity index (χ3n) is 3.54. The van der Waals surface area contributed by atoms with E-state index in [9.17, 15) is 0 Å². The molecule has 0 saturated carbocycles. The predicted molar refractivity (Wildman–Crippen MR) is 79.4 cm³/mol. The van der Waals surface area contributed by atoms with Crippen molar-refractivity contribution in [3.8, 4) is 11.4 Å². The van der Waals surface area contributed by atoms with Gasteiger partial charge in [0, 0.05) is 20.7 Å². The van der Waals surface area contributed by atoms with Crippen LogP contribution in [-0.2, 0) is 12.8 Å². The zero-order valence-corrected chi connectivity index (χ0v) is 11.7. The fourth-order valence-corrected chi connectivity index (χ4v) is 3.20. The standard InChI is InChI=1S/C14H10IN3/c15-9-2-4-12-11(5-9)10-3-1-8-6-16-7-17-13(8)14(10)18-12/h2,4-7,18H,1,3H2. The highest BCUT2D eigenvalue weighted by Crippen LogP contribution is 2.36. The van der Waals surface area contributed by atoms with Crippen LogP contribution >= 0.6 is 22.6 Å². The molecule has 0 spiro atoms. The van der Waals surface area contributed by atoms with Crippen LogP contribution in [0.1, 0.15) is 11.1 Å². The molecular formula is C14H10IN3. The summed E-state index contributed by atoms with van der Waals surface area (Å²) in [4.78, 5) is 12.1. The lowest BCUT2D eigenvalue weighted by atomic mass is 9.93. The lowest BCUT2D eigenvalue weighted by Gasteiger charge is -2.14. The van der Waals surface area contributed by atoms with E-state index in [-0.39, 0.29) is 0 Å². The third-order valence-corrected chi connectivity index (χ3v) is 4.21. The first kappa shape index (κ1) is 10.5. The number of aromatic amines is 1. The number of nitrogens with zero attached hydrogens (tertiary/aromatic N) is 2. The van der Waals surface area contributed by atoms with Gasteiger partial charge in [0.1, 0.15) is 6.33 Å². The summed E-state index contributed by atoms with van der Waals surface area (Å²) in [6.07, 6.45) is 5.65. The Morgan fingerprint density at radius 2 is 2.17 bits per heavy atom. The minimum absolute atomic E-state index is 1.03. The fourth-order valence-electron chi connectivity index (χ4n) is 2.71. The van der Waals surface area contributed by atoms with E-state index < -0.39 is 0 Å². The molecule has 0 unspecified atom stereocenters. The second-order valence-corrected chi connectivity index (χ2v) is 5.81. The molecule has 0 saturated heterocycles. The molecule has 0 amide bonds. The molecular weight excluding hydrogens is 337 g/mol. The molecule has 88 valence electrons. The number of fused-ring (bicyclic) bond motifs is 5. The van der Waals surface area contributed by atoms with Crippen LogP contribution in [0.15, 0.2) is 30.7 Å². The largest absolute Gasteiger partial charge is 0.353 e. The van der Waals surface area contributed by atoms with Gasteiger partial charge in [-0.3, -0.25) is 0 Å². The average Bonchev–Trinajstić information content (AvgIpc) is 2.77. The Bertz CT molecular complexity index is 761. The molecule has 0 radical (unpaired) electrons. The second kappa shape index (κ2) is 3.78. The van der Waals surface area contributed by atoms with Crippen molar-refractivity contribution in [1.29, 1.82) is 0 Å². The molecule has 2 heterocycles. The van der Waals surface area contributed by atoms with Crippen molar-refractivity contribution in [2.45, 2.75) is 12.8 Å². The maximum atomic E-state index is 4.43. The molecule has 1 N–H and O–H groups in total. The quantitative estimate of drug-likeness (QED) is 0.634. The first-order chi connectivity index (χ1) is 8.83. The minimum atomic E-state index is 1.03. The van der Waals surface area contributed by atoms with E-state index in [1.165, 1.54) is 31.3 Å². The van der Waals surface area contributed by atoms with Crippen molar-refractivity contribution >= 4 is 33.5 Å². The van der Waals surface area contributed by atoms with Gasteiger partial charge in [-0.15, -0.1) is 0 Å². The first-order valence-corrected chi connectivity index (χ1v) is 7.00. The van der Waals surface area contributed by atoms with Crippen LogP contribution in [0.3, 0.4) is 0 Å². The maximum Gasteiger partial charge on any atom is 0.116 e. The highest BCUT2D eigenvalue weighted by Gasteiger charge is 2.21. The van der Waals surface area contributed by atoms with E-state index in [1.807, 2.05) is 6.20 Å². The Morgan fingerprint density at radius 1 is 1.22 bits per heavy atom. The number of hydrogen-bond donors (Lipinski definition) is 1. The smallest absolute Gasteiger partial charge is 0.116 e. The Labute approximate surface area is 118 Å². The Kier molecular flexibility index (Phi) is 2.20. The Balaban J connectivity index is 2.08. The summed E-state index contributed by atoms with van der Waals surface area (Å²) in [5, 5.41) is 1.33. The van der Waals surface area contributed by atoms with Gasteiger partial charge in [0.25, 0.3) is 0 Å². The summed E-state index contributed by atoms with van der Waals surface area (Å²) < 4.78 is 1.27. The topological polar surface area (TPSA) is 41.6 Å². The van der Waals surface area contributed by atoms with Gasteiger partial charge in [0.05, 0.1) is 11.4 Å². The predicted octanol–water partition coefficient (Wildman–Crippen LogP) is 3.33. The van der Waals surface area contributed by atoms with Gasteiger partial charge >= 0.3 is 0 Å². The number of nitrogens with one attached hydrogen (secondary N) is 1. The number of aromatic nitrogens is 3. The van der Waals surface area contributed by atoms with Crippen LogP contribution < -0.4 is 0 Å². The van der Waals surface area contributed by atoms with Gasteiger partial charge in [-0.1, -0.05) is 0 Å². The van der Waals surface area contributed by atoms with E-state index in [0.29, 0.717) is 0 Å². The second-order valence-electron chi connectivity index (χ2n) is 4.57. The lowest BCUT2D eigenvalue weighted by molar-refractivity contribution is 0.913. The van der Waals surface area contributed by atoms with E-state index in [1.54, 1.807) is 6.33 Å². The van der Waals surface area contributed by atoms with Crippen molar-refractivity contribution in [3.05, 3.63) is 45.4 Å². The number of rotatable bonds is 0.